The second-order valence-corrected chi connectivity index (χ2v) is 4.26. The largest absolute Gasteiger partial charge is 0.438 e. The third kappa shape index (κ3) is 2.57. The predicted octanol–water partition coefficient (Wildman–Crippen LogP) is 2.91. The molecule has 0 radical (unpaired) electrons. The van der Waals surface area contributed by atoms with E-state index in [2.05, 4.69) is 9.97 Å². The van der Waals surface area contributed by atoms with Gasteiger partial charge in [0.1, 0.15) is 5.75 Å². The van der Waals surface area contributed by atoms with Gasteiger partial charge in [-0.05, 0) is 18.2 Å². The topological polar surface area (TPSA) is 104 Å². The Morgan fingerprint density at radius 1 is 1.10 bits per heavy atom. The van der Waals surface area contributed by atoms with Gasteiger partial charge < -0.3 is 10.5 Å². The van der Waals surface area contributed by atoms with Crippen molar-refractivity contribution in [1.29, 1.82) is 0 Å². The fourth-order valence-electron chi connectivity index (χ4n) is 1.91. The van der Waals surface area contributed by atoms with Gasteiger partial charge in [-0.15, -0.1) is 0 Å². The second kappa shape index (κ2) is 5.04. The first-order valence-corrected chi connectivity index (χ1v) is 6.08. The lowest BCUT2D eigenvalue weighted by Crippen LogP contribution is -1.98. The lowest BCUT2D eigenvalue weighted by Gasteiger charge is -2.08. The van der Waals surface area contributed by atoms with Crippen molar-refractivity contribution < 1.29 is 9.66 Å². The van der Waals surface area contributed by atoms with Crippen molar-refractivity contribution in [3.63, 3.8) is 0 Å². The molecule has 0 unspecified atom stereocenters. The first kappa shape index (κ1) is 12.8. The summed E-state index contributed by atoms with van der Waals surface area (Å²) in [5.41, 5.74) is 6.23. The summed E-state index contributed by atoms with van der Waals surface area (Å²) in [6.07, 6.45) is 0. The normalized spacial score (nSPS) is 10.5. The summed E-state index contributed by atoms with van der Waals surface area (Å²) >= 11 is 0. The number of hydrogen-bond donors (Lipinski definition) is 1. The standard InChI is InChI=1S/C14H10N4O3/c15-14-16-12-7-2-1-6-11(12)13(17-14)21-10-5-3-4-9(8-10)18(19)20/h1-8H,(H2,15,16,17). The minimum absolute atomic E-state index is 0.0566. The Morgan fingerprint density at radius 2 is 1.90 bits per heavy atom. The van der Waals surface area contributed by atoms with E-state index in [1.54, 1.807) is 24.3 Å². The van der Waals surface area contributed by atoms with E-state index in [1.807, 2.05) is 12.1 Å². The number of nitrogens with zero attached hydrogens (tertiary/aromatic N) is 3. The molecule has 0 spiro atoms. The van der Waals surface area contributed by atoms with Crippen LogP contribution in [0.2, 0.25) is 0 Å². The van der Waals surface area contributed by atoms with Crippen LogP contribution in [0, 0.1) is 10.1 Å². The highest BCUT2D eigenvalue weighted by atomic mass is 16.6. The van der Waals surface area contributed by atoms with Gasteiger partial charge in [0.15, 0.2) is 0 Å². The van der Waals surface area contributed by atoms with E-state index in [9.17, 15) is 10.1 Å². The first-order valence-electron chi connectivity index (χ1n) is 6.08. The predicted molar refractivity (Wildman–Crippen MR) is 77.1 cm³/mol. The van der Waals surface area contributed by atoms with Crippen LogP contribution >= 0.6 is 0 Å². The Bertz CT molecular complexity index is 835. The molecule has 3 rings (SSSR count). The number of non-ortho nitro benzene ring substituents is 1. The molecular weight excluding hydrogens is 272 g/mol. The lowest BCUT2D eigenvalue weighted by molar-refractivity contribution is -0.384. The number of nitro benzene ring substituents is 1. The summed E-state index contributed by atoms with van der Waals surface area (Å²) in [6, 6.07) is 13.1. The summed E-state index contributed by atoms with van der Waals surface area (Å²) in [7, 11) is 0. The quantitative estimate of drug-likeness (QED) is 0.585. The van der Waals surface area contributed by atoms with Crippen LogP contribution in [0.25, 0.3) is 10.9 Å². The highest BCUT2D eigenvalue weighted by molar-refractivity contribution is 5.84. The number of nitro groups is 1. The van der Waals surface area contributed by atoms with Crippen molar-refractivity contribution in [3.05, 3.63) is 58.6 Å². The zero-order valence-electron chi connectivity index (χ0n) is 10.8. The number of ether oxygens (including phenoxy) is 1. The molecular formula is C14H10N4O3. The lowest BCUT2D eigenvalue weighted by atomic mass is 10.2. The Hall–Kier alpha value is -3.22. The first-order chi connectivity index (χ1) is 10.1. The van der Waals surface area contributed by atoms with E-state index in [-0.39, 0.29) is 17.5 Å². The summed E-state index contributed by atoms with van der Waals surface area (Å²) in [6.45, 7) is 0. The molecule has 0 fully saturated rings. The Labute approximate surface area is 119 Å². The van der Waals surface area contributed by atoms with E-state index in [0.717, 1.165) is 0 Å². The van der Waals surface area contributed by atoms with Crippen molar-refractivity contribution in [2.45, 2.75) is 0 Å². The number of anilines is 1. The van der Waals surface area contributed by atoms with Crippen molar-refractivity contribution >= 4 is 22.5 Å². The number of benzene rings is 2. The molecule has 1 aromatic heterocycles. The molecule has 7 heteroatoms. The van der Waals surface area contributed by atoms with Crippen LogP contribution in [-0.4, -0.2) is 14.9 Å². The highest BCUT2D eigenvalue weighted by Gasteiger charge is 2.11. The molecule has 0 aliphatic carbocycles. The van der Waals surface area contributed by atoms with Crippen LogP contribution in [0.15, 0.2) is 48.5 Å². The third-order valence-electron chi connectivity index (χ3n) is 2.83. The van der Waals surface area contributed by atoms with Gasteiger partial charge in [0.25, 0.3) is 5.69 Å². The second-order valence-electron chi connectivity index (χ2n) is 4.26. The van der Waals surface area contributed by atoms with E-state index in [0.29, 0.717) is 16.7 Å². The van der Waals surface area contributed by atoms with Crippen molar-refractivity contribution in [3.8, 4) is 11.6 Å². The van der Waals surface area contributed by atoms with Crippen LogP contribution in [-0.2, 0) is 0 Å². The molecule has 0 aliphatic heterocycles. The average molecular weight is 282 g/mol. The molecule has 0 amide bonds. The molecule has 21 heavy (non-hydrogen) atoms. The van der Waals surface area contributed by atoms with E-state index >= 15 is 0 Å². The molecule has 2 aromatic carbocycles. The van der Waals surface area contributed by atoms with Crippen molar-refractivity contribution in [1.82, 2.24) is 9.97 Å². The van der Waals surface area contributed by atoms with Crippen LogP contribution in [0.1, 0.15) is 0 Å². The monoisotopic (exact) mass is 282 g/mol. The van der Waals surface area contributed by atoms with Gasteiger partial charge in [0.05, 0.1) is 21.9 Å². The number of rotatable bonds is 3. The zero-order chi connectivity index (χ0) is 14.8. The summed E-state index contributed by atoms with van der Waals surface area (Å²) in [4.78, 5) is 18.4. The molecule has 104 valence electrons. The molecule has 1 heterocycles. The Morgan fingerprint density at radius 3 is 2.71 bits per heavy atom. The summed E-state index contributed by atoms with van der Waals surface area (Å²) < 4.78 is 5.63. The maximum Gasteiger partial charge on any atom is 0.273 e. The Balaban J connectivity index is 2.05. The number of nitrogen functional groups attached to an aromatic ring is 1. The molecule has 2 N–H and O–H groups in total. The maximum absolute atomic E-state index is 10.8. The fraction of sp³-hybridized carbons (Fsp3) is 0. The average Bonchev–Trinajstić information content (AvgIpc) is 2.47. The number of nitrogens with two attached hydrogens (primary N) is 1. The highest BCUT2D eigenvalue weighted by Crippen LogP contribution is 2.29. The molecule has 0 atom stereocenters. The number of hydrogen-bond acceptors (Lipinski definition) is 6. The SMILES string of the molecule is Nc1nc(Oc2cccc([N+](=O)[O-])c2)c2ccccc2n1. The third-order valence-corrected chi connectivity index (χ3v) is 2.83. The van der Waals surface area contributed by atoms with Gasteiger partial charge in [-0.25, -0.2) is 4.98 Å². The number of fused-ring (bicyclic) bond motifs is 1. The molecule has 3 aromatic rings. The van der Waals surface area contributed by atoms with E-state index in [4.69, 9.17) is 10.5 Å². The van der Waals surface area contributed by atoms with Crippen LogP contribution in [0.5, 0.6) is 11.6 Å². The van der Waals surface area contributed by atoms with Gasteiger partial charge in [0, 0.05) is 6.07 Å². The zero-order valence-corrected chi connectivity index (χ0v) is 10.8. The van der Waals surface area contributed by atoms with Crippen LogP contribution in [0.4, 0.5) is 11.6 Å². The maximum atomic E-state index is 10.8. The van der Waals surface area contributed by atoms with Crippen molar-refractivity contribution in [2.75, 3.05) is 5.73 Å². The van der Waals surface area contributed by atoms with E-state index < -0.39 is 4.92 Å². The molecule has 0 aliphatic rings. The smallest absolute Gasteiger partial charge is 0.273 e. The van der Waals surface area contributed by atoms with Crippen LogP contribution in [0.3, 0.4) is 0 Å². The minimum Gasteiger partial charge on any atom is -0.438 e. The van der Waals surface area contributed by atoms with Crippen molar-refractivity contribution in [2.24, 2.45) is 0 Å². The van der Waals surface area contributed by atoms with E-state index in [1.165, 1.54) is 12.1 Å². The molecule has 0 bridgehead atoms. The van der Waals surface area contributed by atoms with Gasteiger partial charge in [0.2, 0.25) is 11.8 Å². The summed E-state index contributed by atoms with van der Waals surface area (Å²) in [5, 5.41) is 11.5. The molecule has 0 saturated carbocycles. The van der Waals surface area contributed by atoms with Crippen LogP contribution < -0.4 is 10.5 Å². The Kier molecular flexibility index (Phi) is 3.07. The number of aromatic nitrogens is 2. The summed E-state index contributed by atoms with van der Waals surface area (Å²) in [5.74, 6) is 0.653. The minimum atomic E-state index is -0.487. The van der Waals surface area contributed by atoms with Gasteiger partial charge >= 0.3 is 0 Å². The van der Waals surface area contributed by atoms with Gasteiger partial charge in [-0.3, -0.25) is 10.1 Å². The molecule has 0 saturated heterocycles. The molecule has 7 nitrogen and oxygen atoms in total. The van der Waals surface area contributed by atoms with Gasteiger partial charge in [-0.2, -0.15) is 4.98 Å². The van der Waals surface area contributed by atoms with Gasteiger partial charge in [-0.1, -0.05) is 18.2 Å². The fourth-order valence-corrected chi connectivity index (χ4v) is 1.91. The number of para-hydroxylation sites is 1.